The predicted octanol–water partition coefficient (Wildman–Crippen LogP) is 1.38. The summed E-state index contributed by atoms with van der Waals surface area (Å²) in [6.45, 7) is 4.74. The minimum Gasteiger partial charge on any atom is -0.316 e. The smallest absolute Gasteiger partial charge is 0.158 e. The van der Waals surface area contributed by atoms with E-state index in [1.165, 1.54) is 0 Å². The van der Waals surface area contributed by atoms with Crippen LogP contribution in [0.25, 0.3) is 0 Å². The van der Waals surface area contributed by atoms with Crippen molar-refractivity contribution < 1.29 is 4.79 Å². The summed E-state index contributed by atoms with van der Waals surface area (Å²) in [7, 11) is 1.86. The highest BCUT2D eigenvalue weighted by Gasteiger charge is 2.04. The quantitative estimate of drug-likeness (QED) is 0.608. The fourth-order valence-electron chi connectivity index (χ4n) is 0.658. The number of carbonyl (C=O) groups is 1. The molecule has 0 saturated heterocycles. The topological polar surface area (TPSA) is 29.1 Å². The van der Waals surface area contributed by atoms with Gasteiger partial charge in [0, 0.05) is 12.5 Å². The number of allylic oxidation sites excluding steroid dienone is 1. The Kier molecular flexibility index (Phi) is 5.75. The first kappa shape index (κ1) is 10.4. The molecule has 1 unspecified atom stereocenters. The van der Waals surface area contributed by atoms with Crippen LogP contribution in [0.15, 0.2) is 12.2 Å². The van der Waals surface area contributed by atoms with Crippen molar-refractivity contribution in [3.63, 3.8) is 0 Å². The molecule has 0 bridgehead atoms. The zero-order valence-electron chi connectivity index (χ0n) is 7.55. The summed E-state index contributed by atoms with van der Waals surface area (Å²) in [5.41, 5.74) is 0. The highest BCUT2D eigenvalue weighted by molar-refractivity contribution is 5.91. The van der Waals surface area contributed by atoms with Crippen molar-refractivity contribution in [1.82, 2.24) is 5.32 Å². The summed E-state index contributed by atoms with van der Waals surface area (Å²) >= 11 is 0. The van der Waals surface area contributed by atoms with Gasteiger partial charge in [0.2, 0.25) is 0 Å². The van der Waals surface area contributed by atoms with Crippen LogP contribution in [-0.2, 0) is 4.79 Å². The van der Waals surface area contributed by atoms with E-state index in [9.17, 15) is 4.79 Å². The third-order valence-electron chi connectivity index (χ3n) is 1.70. The highest BCUT2D eigenvalue weighted by Crippen LogP contribution is 2.02. The molecular formula is C9H17NO. The zero-order valence-corrected chi connectivity index (χ0v) is 7.55. The molecule has 0 saturated carbocycles. The molecule has 0 rings (SSSR count). The number of hydrogen-bond donors (Lipinski definition) is 1. The second-order valence-corrected chi connectivity index (χ2v) is 2.67. The van der Waals surface area contributed by atoms with E-state index < -0.39 is 0 Å². The van der Waals surface area contributed by atoms with Gasteiger partial charge in [0.05, 0.1) is 0 Å². The number of likely N-dealkylation sites (N-methyl/N-ethyl adjacent to an activating group) is 1. The van der Waals surface area contributed by atoms with Gasteiger partial charge in [0.15, 0.2) is 5.78 Å². The first-order valence-corrected chi connectivity index (χ1v) is 4.07. The Hall–Kier alpha value is -0.630. The average Bonchev–Trinajstić information content (AvgIpc) is 2.03. The lowest BCUT2D eigenvalue weighted by atomic mass is 10.0. The summed E-state index contributed by atoms with van der Waals surface area (Å²) in [5.74, 6) is 0.394. The van der Waals surface area contributed by atoms with Gasteiger partial charge in [0.1, 0.15) is 0 Å². The molecule has 0 aliphatic rings. The molecule has 0 amide bonds. The fraction of sp³-hybridized carbons (Fsp3) is 0.667. The number of ketones is 1. The molecule has 0 aromatic heterocycles. The van der Waals surface area contributed by atoms with Crippen molar-refractivity contribution in [2.24, 2.45) is 5.92 Å². The van der Waals surface area contributed by atoms with Crippen LogP contribution in [-0.4, -0.2) is 19.4 Å². The lowest BCUT2D eigenvalue weighted by molar-refractivity contribution is -0.117. The molecule has 1 N–H and O–H groups in total. The molecule has 64 valence electrons. The molecular weight excluding hydrogens is 138 g/mol. The van der Waals surface area contributed by atoms with Crippen LogP contribution in [0.5, 0.6) is 0 Å². The van der Waals surface area contributed by atoms with Gasteiger partial charge < -0.3 is 5.32 Å². The van der Waals surface area contributed by atoms with Crippen LogP contribution < -0.4 is 5.32 Å². The molecule has 0 aliphatic carbocycles. The van der Waals surface area contributed by atoms with Crippen LogP contribution in [0, 0.1) is 5.92 Å². The Bertz CT molecular complexity index is 140. The Morgan fingerprint density at radius 1 is 1.64 bits per heavy atom. The largest absolute Gasteiger partial charge is 0.316 e. The van der Waals surface area contributed by atoms with Crippen LogP contribution in [0.1, 0.15) is 20.3 Å². The van der Waals surface area contributed by atoms with Crippen molar-refractivity contribution in [2.45, 2.75) is 20.3 Å². The first-order valence-electron chi connectivity index (χ1n) is 4.07. The van der Waals surface area contributed by atoms with Crippen LogP contribution in [0.2, 0.25) is 0 Å². The van der Waals surface area contributed by atoms with E-state index >= 15 is 0 Å². The van der Waals surface area contributed by atoms with E-state index in [0.29, 0.717) is 0 Å². The van der Waals surface area contributed by atoms with Crippen molar-refractivity contribution in [3.8, 4) is 0 Å². The van der Waals surface area contributed by atoms with Crippen LogP contribution >= 0.6 is 0 Å². The van der Waals surface area contributed by atoms with E-state index in [1.807, 2.05) is 27.0 Å². The Morgan fingerprint density at radius 3 is 2.73 bits per heavy atom. The van der Waals surface area contributed by atoms with Gasteiger partial charge in [-0.3, -0.25) is 4.79 Å². The van der Waals surface area contributed by atoms with Crippen LogP contribution in [0.3, 0.4) is 0 Å². The average molecular weight is 155 g/mol. The second-order valence-electron chi connectivity index (χ2n) is 2.67. The molecule has 0 aromatic rings. The Labute approximate surface area is 68.7 Å². The number of rotatable bonds is 5. The Balaban J connectivity index is 3.67. The zero-order chi connectivity index (χ0) is 8.69. The lowest BCUT2D eigenvalue weighted by Crippen LogP contribution is -2.08. The maximum absolute atomic E-state index is 11.1. The molecule has 11 heavy (non-hydrogen) atoms. The highest BCUT2D eigenvalue weighted by atomic mass is 16.1. The molecule has 2 heteroatoms. The first-order chi connectivity index (χ1) is 5.22. The maximum atomic E-state index is 11.1. The summed E-state index contributed by atoms with van der Waals surface area (Å²) in [4.78, 5) is 11.1. The van der Waals surface area contributed by atoms with Gasteiger partial charge in [-0.15, -0.1) is 0 Å². The van der Waals surface area contributed by atoms with Crippen molar-refractivity contribution in [1.29, 1.82) is 0 Å². The molecule has 0 fully saturated rings. The molecule has 0 radical (unpaired) electrons. The fourth-order valence-corrected chi connectivity index (χ4v) is 0.658. The monoisotopic (exact) mass is 155 g/mol. The van der Waals surface area contributed by atoms with Gasteiger partial charge in [-0.25, -0.2) is 0 Å². The maximum Gasteiger partial charge on any atom is 0.158 e. The molecule has 1 atom stereocenters. The molecule has 0 heterocycles. The third-order valence-corrected chi connectivity index (χ3v) is 1.70. The normalized spacial score (nSPS) is 13.7. The Morgan fingerprint density at radius 2 is 2.27 bits per heavy atom. The second kappa shape index (κ2) is 6.10. The minimum atomic E-state index is 0.170. The van der Waals surface area contributed by atoms with Gasteiger partial charge in [-0.2, -0.15) is 0 Å². The van der Waals surface area contributed by atoms with E-state index in [1.54, 1.807) is 6.08 Å². The van der Waals surface area contributed by atoms with Gasteiger partial charge in [0.25, 0.3) is 0 Å². The van der Waals surface area contributed by atoms with Crippen LogP contribution in [0.4, 0.5) is 0 Å². The standard InChI is InChI=1S/C9H17NO/c1-4-8(2)9(11)6-5-7-10-3/h5-6,8,10H,4,7H2,1-3H3/b6-5+. The minimum absolute atomic E-state index is 0.170. The van der Waals surface area contributed by atoms with E-state index in [0.717, 1.165) is 13.0 Å². The predicted molar refractivity (Wildman–Crippen MR) is 47.5 cm³/mol. The van der Waals surface area contributed by atoms with Crippen molar-refractivity contribution >= 4 is 5.78 Å². The summed E-state index contributed by atoms with van der Waals surface area (Å²) < 4.78 is 0. The van der Waals surface area contributed by atoms with Gasteiger partial charge >= 0.3 is 0 Å². The third kappa shape index (κ3) is 4.73. The number of nitrogens with one attached hydrogen (secondary N) is 1. The van der Waals surface area contributed by atoms with E-state index in [-0.39, 0.29) is 11.7 Å². The molecule has 2 nitrogen and oxygen atoms in total. The summed E-state index contributed by atoms with van der Waals surface area (Å²) in [6.07, 6.45) is 4.43. The van der Waals surface area contributed by atoms with Gasteiger partial charge in [-0.05, 0) is 19.5 Å². The molecule has 0 aliphatic heterocycles. The number of carbonyl (C=O) groups excluding carboxylic acids is 1. The van der Waals surface area contributed by atoms with Crippen molar-refractivity contribution in [2.75, 3.05) is 13.6 Å². The lowest BCUT2D eigenvalue weighted by Gasteiger charge is -2.01. The molecule has 0 aromatic carbocycles. The number of hydrogen-bond acceptors (Lipinski definition) is 2. The SMILES string of the molecule is CCC(C)C(=O)/C=C/CNC. The summed E-state index contributed by atoms with van der Waals surface area (Å²) in [6, 6.07) is 0. The van der Waals surface area contributed by atoms with Gasteiger partial charge in [-0.1, -0.05) is 19.9 Å². The summed E-state index contributed by atoms with van der Waals surface area (Å²) in [5, 5.41) is 2.94. The van der Waals surface area contributed by atoms with Crippen molar-refractivity contribution in [3.05, 3.63) is 12.2 Å². The van der Waals surface area contributed by atoms with E-state index in [4.69, 9.17) is 0 Å². The van der Waals surface area contributed by atoms with E-state index in [2.05, 4.69) is 5.32 Å². The molecule has 0 spiro atoms.